The highest BCUT2D eigenvalue weighted by molar-refractivity contribution is 8.18. The van der Waals surface area contributed by atoms with Gasteiger partial charge in [0.15, 0.2) is 0 Å². The molecule has 0 spiro atoms. The first-order chi connectivity index (χ1) is 11.9. The molecule has 1 atom stereocenters. The highest BCUT2D eigenvalue weighted by atomic mass is 32.2. The molecule has 1 aromatic carbocycles. The number of ether oxygens (including phenoxy) is 2. The Balaban J connectivity index is 2.19. The molecule has 0 saturated carbocycles. The van der Waals surface area contributed by atoms with Crippen molar-refractivity contribution in [3.8, 4) is 0 Å². The van der Waals surface area contributed by atoms with Crippen molar-refractivity contribution in [2.75, 3.05) is 13.7 Å². The third-order valence-electron chi connectivity index (χ3n) is 3.47. The minimum atomic E-state index is -0.986. The monoisotopic (exact) mass is 363 g/mol. The van der Waals surface area contributed by atoms with E-state index in [4.69, 9.17) is 4.74 Å². The van der Waals surface area contributed by atoms with Crippen molar-refractivity contribution in [3.63, 3.8) is 0 Å². The van der Waals surface area contributed by atoms with E-state index in [1.165, 1.54) is 20.1 Å². The van der Waals surface area contributed by atoms with E-state index in [1.807, 2.05) is 0 Å². The predicted octanol–water partition coefficient (Wildman–Crippen LogP) is 2.46. The summed E-state index contributed by atoms with van der Waals surface area (Å²) in [7, 11) is 1.29. The van der Waals surface area contributed by atoms with Crippen LogP contribution >= 0.6 is 11.8 Å². The zero-order valence-corrected chi connectivity index (χ0v) is 14.8. The van der Waals surface area contributed by atoms with Gasteiger partial charge in [-0.15, -0.1) is 0 Å². The maximum atomic E-state index is 12.4. The van der Waals surface area contributed by atoms with Gasteiger partial charge in [-0.2, -0.15) is 0 Å². The van der Waals surface area contributed by atoms with Crippen molar-refractivity contribution in [2.45, 2.75) is 19.9 Å². The fraction of sp³-hybridized carbons (Fsp3) is 0.294. The van der Waals surface area contributed by atoms with E-state index >= 15 is 0 Å². The molecule has 0 radical (unpaired) electrons. The summed E-state index contributed by atoms with van der Waals surface area (Å²) in [5.41, 5.74) is 1.02. The Morgan fingerprint density at radius 3 is 2.44 bits per heavy atom. The molecular formula is C17H17NO6S. The number of esters is 2. The first-order valence-electron chi connectivity index (χ1n) is 7.51. The van der Waals surface area contributed by atoms with Crippen molar-refractivity contribution in [1.82, 2.24) is 4.90 Å². The van der Waals surface area contributed by atoms with Gasteiger partial charge >= 0.3 is 11.9 Å². The number of hydrogen-bond acceptors (Lipinski definition) is 7. The van der Waals surface area contributed by atoms with Gasteiger partial charge in [0.1, 0.15) is 6.04 Å². The van der Waals surface area contributed by atoms with E-state index < -0.39 is 29.1 Å². The summed E-state index contributed by atoms with van der Waals surface area (Å²) in [6, 6.07) is 5.40. The predicted molar refractivity (Wildman–Crippen MR) is 91.7 cm³/mol. The molecule has 2 rings (SSSR count). The summed E-state index contributed by atoms with van der Waals surface area (Å²) >= 11 is 0.755. The molecule has 1 aromatic rings. The molecule has 0 N–H and O–H groups in total. The molecule has 1 aliphatic heterocycles. The minimum Gasteiger partial charge on any atom is -0.465 e. The lowest BCUT2D eigenvalue weighted by Crippen LogP contribution is -2.42. The summed E-state index contributed by atoms with van der Waals surface area (Å²) in [6.07, 6.45) is 1.53. The van der Waals surface area contributed by atoms with Crippen LogP contribution in [0, 0.1) is 0 Å². The van der Waals surface area contributed by atoms with Crippen LogP contribution in [0.1, 0.15) is 29.8 Å². The normalized spacial score (nSPS) is 16.9. The molecule has 25 heavy (non-hydrogen) atoms. The van der Waals surface area contributed by atoms with Crippen LogP contribution in [-0.4, -0.2) is 47.7 Å². The Morgan fingerprint density at radius 1 is 1.24 bits per heavy atom. The largest absolute Gasteiger partial charge is 0.465 e. The summed E-state index contributed by atoms with van der Waals surface area (Å²) in [4.78, 5) is 48.8. The molecule has 1 unspecified atom stereocenters. The number of benzene rings is 1. The van der Waals surface area contributed by atoms with Crippen LogP contribution in [0.4, 0.5) is 4.79 Å². The number of thioether (sulfide) groups is 1. The van der Waals surface area contributed by atoms with Crippen LogP contribution in [-0.2, 0) is 19.1 Å². The van der Waals surface area contributed by atoms with Crippen LogP contribution in [0.3, 0.4) is 0 Å². The highest BCUT2D eigenvalue weighted by Crippen LogP contribution is 2.33. The molecule has 132 valence electrons. The third-order valence-corrected chi connectivity index (χ3v) is 4.35. The second-order valence-electron chi connectivity index (χ2n) is 5.09. The number of carbonyl (C=O) groups excluding carboxylic acids is 4. The number of carbonyl (C=O) groups is 4. The average molecular weight is 363 g/mol. The van der Waals surface area contributed by atoms with E-state index in [2.05, 4.69) is 4.74 Å². The van der Waals surface area contributed by atoms with Crippen molar-refractivity contribution in [3.05, 3.63) is 40.3 Å². The fourth-order valence-corrected chi connectivity index (χ4v) is 3.07. The second kappa shape index (κ2) is 7.98. The molecule has 8 heteroatoms. The van der Waals surface area contributed by atoms with Gasteiger partial charge in [-0.1, -0.05) is 12.1 Å². The first kappa shape index (κ1) is 18.7. The lowest BCUT2D eigenvalue weighted by atomic mass is 10.1. The van der Waals surface area contributed by atoms with E-state index in [0.29, 0.717) is 11.1 Å². The Hall–Kier alpha value is -2.61. The number of rotatable bonds is 5. The topological polar surface area (TPSA) is 90.0 Å². The van der Waals surface area contributed by atoms with E-state index in [0.717, 1.165) is 16.7 Å². The summed E-state index contributed by atoms with van der Waals surface area (Å²) < 4.78 is 9.47. The van der Waals surface area contributed by atoms with Gasteiger partial charge in [-0.25, -0.2) is 9.59 Å². The Bertz CT molecular complexity index is 740. The smallest absolute Gasteiger partial charge is 0.337 e. The molecule has 1 fully saturated rings. The van der Waals surface area contributed by atoms with Crippen LogP contribution in [0.25, 0.3) is 6.08 Å². The van der Waals surface area contributed by atoms with Crippen molar-refractivity contribution in [1.29, 1.82) is 0 Å². The van der Waals surface area contributed by atoms with E-state index in [-0.39, 0.29) is 11.5 Å². The Kier molecular flexibility index (Phi) is 5.97. The zero-order chi connectivity index (χ0) is 18.6. The van der Waals surface area contributed by atoms with Gasteiger partial charge < -0.3 is 9.47 Å². The third kappa shape index (κ3) is 4.08. The molecule has 7 nitrogen and oxygen atoms in total. The summed E-state index contributed by atoms with van der Waals surface area (Å²) in [6.45, 7) is 3.26. The Labute approximate surface area is 149 Å². The average Bonchev–Trinajstić information content (AvgIpc) is 2.88. The first-order valence-corrected chi connectivity index (χ1v) is 8.32. The van der Waals surface area contributed by atoms with Crippen LogP contribution in [0.15, 0.2) is 29.2 Å². The maximum Gasteiger partial charge on any atom is 0.337 e. The summed E-state index contributed by atoms with van der Waals surface area (Å²) in [5, 5.41) is -0.525. The zero-order valence-electron chi connectivity index (χ0n) is 14.0. The molecule has 1 aliphatic rings. The molecule has 0 aliphatic carbocycles. The quantitative estimate of drug-likeness (QED) is 0.586. The lowest BCUT2D eigenvalue weighted by Gasteiger charge is -2.19. The Morgan fingerprint density at radius 2 is 1.88 bits per heavy atom. The van der Waals surface area contributed by atoms with Crippen molar-refractivity contribution < 1.29 is 28.7 Å². The van der Waals surface area contributed by atoms with Crippen LogP contribution in [0.5, 0.6) is 0 Å². The SMILES string of the molecule is CCOC(=O)C(C)N1C(=O)SC(=Cc2ccc(C(=O)OC)cc2)C1=O. The standard InChI is InChI=1S/C17H17NO6S/c1-4-24-15(20)10(2)18-14(19)13(25-17(18)22)9-11-5-7-12(8-6-11)16(21)23-3/h5-10H,4H2,1-3H3. The fourth-order valence-electron chi connectivity index (χ4n) is 2.17. The van der Waals surface area contributed by atoms with Crippen molar-refractivity contribution >= 4 is 40.9 Å². The number of amides is 2. The van der Waals surface area contributed by atoms with Gasteiger partial charge in [-0.3, -0.25) is 14.5 Å². The lowest BCUT2D eigenvalue weighted by molar-refractivity contribution is -0.150. The molecular weight excluding hydrogens is 346 g/mol. The van der Waals surface area contributed by atoms with E-state index in [9.17, 15) is 19.2 Å². The van der Waals surface area contributed by atoms with Crippen LogP contribution in [0.2, 0.25) is 0 Å². The minimum absolute atomic E-state index is 0.168. The second-order valence-corrected chi connectivity index (χ2v) is 6.09. The van der Waals surface area contributed by atoms with Crippen molar-refractivity contribution in [2.24, 2.45) is 0 Å². The van der Waals surface area contributed by atoms with Gasteiger partial charge in [0, 0.05) is 0 Å². The molecule has 0 bridgehead atoms. The number of methoxy groups -OCH3 is 1. The number of imide groups is 1. The molecule has 0 aromatic heterocycles. The summed E-state index contributed by atoms with van der Waals surface area (Å²) in [5.74, 6) is -1.64. The highest BCUT2D eigenvalue weighted by Gasteiger charge is 2.41. The maximum absolute atomic E-state index is 12.4. The van der Waals surface area contributed by atoms with Gasteiger partial charge in [0.05, 0.1) is 24.2 Å². The van der Waals surface area contributed by atoms with Gasteiger partial charge in [0.25, 0.3) is 11.1 Å². The van der Waals surface area contributed by atoms with E-state index in [1.54, 1.807) is 31.2 Å². The van der Waals surface area contributed by atoms with Gasteiger partial charge in [0.2, 0.25) is 0 Å². The molecule has 2 amide bonds. The number of nitrogens with zero attached hydrogens (tertiary/aromatic N) is 1. The molecule has 1 saturated heterocycles. The molecule has 1 heterocycles. The van der Waals surface area contributed by atoms with Crippen LogP contribution < -0.4 is 0 Å². The van der Waals surface area contributed by atoms with Gasteiger partial charge in [-0.05, 0) is 49.4 Å². The number of hydrogen-bond donors (Lipinski definition) is 0.